The third kappa shape index (κ3) is 3.25. The van der Waals surface area contributed by atoms with Crippen molar-refractivity contribution in [2.45, 2.75) is 98.7 Å². The molecule has 4 aliphatic carbocycles. The number of hydrogen-bond donors (Lipinski definition) is 1. The molecule has 0 bridgehead atoms. The highest BCUT2D eigenvalue weighted by Gasteiger charge is 2.71. The standard InChI is InChI=1S/C30H42O6/c1-26(2,36-34)12-8-9-17-23-21(35-25(17)33)16-30(7)19-15-20(31)24-27(3,4)22(32)11-13-28(24,5)18(19)10-14-29(23,30)6/h8,12,15,17-18,21,23-24,34H,9-11,13-14,16H2,1-7H3/b12-8+/t17-,18-,21-,23+,24-,28+,29-,30+/m0/s1. The third-order valence-corrected chi connectivity index (χ3v) is 11.5. The Balaban J connectivity index is 1.51. The lowest BCUT2D eigenvalue weighted by molar-refractivity contribution is -0.297. The summed E-state index contributed by atoms with van der Waals surface area (Å²) in [6.45, 7) is 14.3. The number of hydrogen-bond acceptors (Lipinski definition) is 6. The van der Waals surface area contributed by atoms with Crippen molar-refractivity contribution >= 4 is 17.5 Å². The van der Waals surface area contributed by atoms with E-state index in [4.69, 9.17) is 9.99 Å². The van der Waals surface area contributed by atoms with Gasteiger partial charge in [-0.05, 0) is 74.2 Å². The molecular formula is C30H42O6. The molecule has 0 radical (unpaired) electrons. The number of ketones is 2. The molecule has 4 fully saturated rings. The van der Waals surface area contributed by atoms with Gasteiger partial charge in [0.05, 0.1) is 5.92 Å². The van der Waals surface area contributed by atoms with Crippen LogP contribution < -0.4 is 0 Å². The summed E-state index contributed by atoms with van der Waals surface area (Å²) in [5, 5.41) is 9.10. The molecule has 198 valence electrons. The van der Waals surface area contributed by atoms with Crippen LogP contribution in [0.4, 0.5) is 0 Å². The van der Waals surface area contributed by atoms with E-state index in [9.17, 15) is 14.4 Å². The molecule has 0 unspecified atom stereocenters. The summed E-state index contributed by atoms with van der Waals surface area (Å²) in [5.74, 6) is -0.0240. The lowest BCUT2D eigenvalue weighted by atomic mass is 9.41. The van der Waals surface area contributed by atoms with Crippen molar-refractivity contribution in [1.29, 1.82) is 0 Å². The molecule has 6 heteroatoms. The summed E-state index contributed by atoms with van der Waals surface area (Å²) in [7, 11) is 0. The minimum Gasteiger partial charge on any atom is -0.462 e. The molecule has 0 aromatic rings. The fourth-order valence-electron chi connectivity index (χ4n) is 9.46. The van der Waals surface area contributed by atoms with Gasteiger partial charge >= 0.3 is 5.97 Å². The summed E-state index contributed by atoms with van der Waals surface area (Å²) in [6.07, 6.45) is 9.98. The summed E-state index contributed by atoms with van der Waals surface area (Å²) < 4.78 is 6.00. The molecule has 36 heavy (non-hydrogen) atoms. The van der Waals surface area contributed by atoms with Crippen molar-refractivity contribution in [2.24, 2.45) is 45.3 Å². The highest BCUT2D eigenvalue weighted by molar-refractivity contribution is 6.01. The van der Waals surface area contributed by atoms with Crippen molar-refractivity contribution in [3.63, 3.8) is 0 Å². The van der Waals surface area contributed by atoms with Crippen LogP contribution in [0, 0.1) is 45.3 Å². The smallest absolute Gasteiger partial charge is 0.309 e. The maximum absolute atomic E-state index is 13.8. The van der Waals surface area contributed by atoms with Crippen LogP contribution in [0.2, 0.25) is 0 Å². The van der Waals surface area contributed by atoms with Crippen molar-refractivity contribution in [2.75, 3.05) is 0 Å². The van der Waals surface area contributed by atoms with Crippen LogP contribution in [0.3, 0.4) is 0 Å². The largest absolute Gasteiger partial charge is 0.462 e. The molecule has 3 saturated carbocycles. The molecule has 1 N–H and O–H groups in total. The first-order valence-electron chi connectivity index (χ1n) is 13.6. The van der Waals surface area contributed by atoms with Crippen LogP contribution in [0.15, 0.2) is 23.8 Å². The number of allylic oxidation sites excluding steroid dienone is 3. The van der Waals surface area contributed by atoms with E-state index in [1.807, 2.05) is 26.0 Å². The molecule has 1 aliphatic heterocycles. The fraction of sp³-hybridized carbons (Fsp3) is 0.767. The predicted molar refractivity (Wildman–Crippen MR) is 135 cm³/mol. The van der Waals surface area contributed by atoms with Gasteiger partial charge in [-0.1, -0.05) is 52.3 Å². The minimum atomic E-state index is -0.817. The number of carbonyl (C=O) groups excluding carboxylic acids is 3. The Morgan fingerprint density at radius 1 is 1.14 bits per heavy atom. The van der Waals surface area contributed by atoms with E-state index in [1.165, 1.54) is 5.57 Å². The second-order valence-electron chi connectivity index (χ2n) is 14.1. The van der Waals surface area contributed by atoms with Gasteiger partial charge in [-0.3, -0.25) is 19.6 Å². The van der Waals surface area contributed by atoms with Gasteiger partial charge in [-0.25, -0.2) is 4.89 Å². The van der Waals surface area contributed by atoms with Gasteiger partial charge < -0.3 is 4.74 Å². The number of carbonyl (C=O) groups is 3. The molecular weight excluding hydrogens is 456 g/mol. The van der Waals surface area contributed by atoms with Crippen LogP contribution in [-0.4, -0.2) is 34.5 Å². The van der Waals surface area contributed by atoms with Crippen LogP contribution in [0.5, 0.6) is 0 Å². The van der Waals surface area contributed by atoms with Crippen LogP contribution >= 0.6 is 0 Å². The number of ether oxygens (including phenoxy) is 1. The van der Waals surface area contributed by atoms with Gasteiger partial charge in [0.1, 0.15) is 17.5 Å². The van der Waals surface area contributed by atoms with Crippen LogP contribution in [-0.2, 0) is 24.0 Å². The first-order chi connectivity index (χ1) is 16.6. The van der Waals surface area contributed by atoms with Crippen molar-refractivity contribution in [3.8, 4) is 0 Å². The van der Waals surface area contributed by atoms with E-state index in [-0.39, 0.29) is 63.6 Å². The van der Waals surface area contributed by atoms with E-state index in [0.717, 1.165) is 25.7 Å². The Morgan fingerprint density at radius 2 is 1.83 bits per heavy atom. The molecule has 1 heterocycles. The van der Waals surface area contributed by atoms with E-state index >= 15 is 0 Å². The molecule has 0 aromatic carbocycles. The Bertz CT molecular complexity index is 1070. The SMILES string of the molecule is CC(C)(/C=C/C[C@@H]1C(=O)O[C@H]2C[C@]3(C)C4=CC(=O)[C@H]5C(C)(C)C(=O)CC[C@]5(C)[C@H]4CC[C@@]3(C)[C@@H]21)OO. The minimum absolute atomic E-state index is 0.0738. The molecule has 0 amide bonds. The normalized spacial score (nSPS) is 45.6. The Kier molecular flexibility index (Phi) is 5.64. The van der Waals surface area contributed by atoms with Gasteiger partial charge in [0.2, 0.25) is 0 Å². The fourth-order valence-corrected chi connectivity index (χ4v) is 9.46. The van der Waals surface area contributed by atoms with Crippen molar-refractivity contribution < 1.29 is 29.3 Å². The summed E-state index contributed by atoms with van der Waals surface area (Å²) in [6, 6.07) is 0. The van der Waals surface area contributed by atoms with E-state index < -0.39 is 11.0 Å². The average molecular weight is 499 g/mol. The highest BCUT2D eigenvalue weighted by atomic mass is 17.1. The zero-order valence-electron chi connectivity index (χ0n) is 22.8. The molecule has 0 aromatic heterocycles. The lowest BCUT2D eigenvalue weighted by Crippen LogP contribution is -2.59. The molecule has 5 rings (SSSR count). The molecule has 5 aliphatic rings. The van der Waals surface area contributed by atoms with Gasteiger partial charge in [-0.15, -0.1) is 0 Å². The average Bonchev–Trinajstić information content (AvgIpc) is 3.20. The van der Waals surface area contributed by atoms with Gasteiger partial charge in [-0.2, -0.15) is 0 Å². The summed E-state index contributed by atoms with van der Waals surface area (Å²) in [5.41, 5.74) is -0.857. The Morgan fingerprint density at radius 3 is 2.50 bits per heavy atom. The molecule has 1 saturated heterocycles. The summed E-state index contributed by atoms with van der Waals surface area (Å²) >= 11 is 0. The number of rotatable bonds is 4. The highest BCUT2D eigenvalue weighted by Crippen LogP contribution is 2.74. The maximum atomic E-state index is 13.8. The number of Topliss-reactive ketones (excluding diaryl/α,β-unsaturated/α-hetero) is 1. The van der Waals surface area contributed by atoms with Crippen LogP contribution in [0.25, 0.3) is 0 Å². The monoisotopic (exact) mass is 498 g/mol. The van der Waals surface area contributed by atoms with Gasteiger partial charge in [0.15, 0.2) is 5.78 Å². The number of esters is 1. The van der Waals surface area contributed by atoms with E-state index in [1.54, 1.807) is 19.9 Å². The second-order valence-corrected chi connectivity index (χ2v) is 14.1. The second kappa shape index (κ2) is 7.86. The number of fused-ring (bicyclic) bond motifs is 7. The third-order valence-electron chi connectivity index (χ3n) is 11.5. The maximum Gasteiger partial charge on any atom is 0.309 e. The van der Waals surface area contributed by atoms with Crippen molar-refractivity contribution in [1.82, 2.24) is 0 Å². The van der Waals surface area contributed by atoms with E-state index in [2.05, 4.69) is 25.7 Å². The zero-order chi connectivity index (χ0) is 26.5. The Labute approximate surface area is 214 Å². The summed E-state index contributed by atoms with van der Waals surface area (Å²) in [4.78, 5) is 44.1. The molecule has 8 atom stereocenters. The quantitative estimate of drug-likeness (QED) is 0.231. The van der Waals surface area contributed by atoms with Gasteiger partial charge in [0, 0.05) is 23.7 Å². The predicted octanol–water partition coefficient (Wildman–Crippen LogP) is 5.71. The lowest BCUT2D eigenvalue weighted by Gasteiger charge is -2.62. The topological polar surface area (TPSA) is 89.9 Å². The zero-order valence-corrected chi connectivity index (χ0v) is 22.8. The Hall–Kier alpha value is -1.79. The van der Waals surface area contributed by atoms with E-state index in [0.29, 0.717) is 12.8 Å². The molecule has 6 nitrogen and oxygen atoms in total. The first kappa shape index (κ1) is 25.8. The van der Waals surface area contributed by atoms with Crippen molar-refractivity contribution in [3.05, 3.63) is 23.8 Å². The first-order valence-corrected chi connectivity index (χ1v) is 13.6. The molecule has 0 spiro atoms. The van der Waals surface area contributed by atoms with Gasteiger partial charge in [0.25, 0.3) is 0 Å². The van der Waals surface area contributed by atoms with Crippen LogP contribution in [0.1, 0.15) is 87.0 Å².